The largest absolute Gasteiger partial charge is 0.493 e. The number of carbonyl (C=O) groups is 1. The van der Waals surface area contributed by atoms with Crippen molar-refractivity contribution in [2.45, 2.75) is 6.42 Å². The van der Waals surface area contributed by atoms with Crippen molar-refractivity contribution in [1.82, 2.24) is 5.32 Å². The number of hydrogen-bond donors (Lipinski definition) is 2. The quantitative estimate of drug-likeness (QED) is 0.625. The minimum Gasteiger partial charge on any atom is -0.493 e. The average Bonchev–Trinajstić information content (AvgIpc) is 2.70. The molecule has 0 atom stereocenters. The van der Waals surface area contributed by atoms with Crippen molar-refractivity contribution in [2.24, 2.45) is 0 Å². The highest BCUT2D eigenvalue weighted by Crippen LogP contribution is 2.17. The predicted octanol–water partition coefficient (Wildman–Crippen LogP) is 4.43. The maximum Gasteiger partial charge on any atom is 0.257 e. The van der Waals surface area contributed by atoms with Gasteiger partial charge in [0, 0.05) is 23.7 Å². The van der Waals surface area contributed by atoms with Gasteiger partial charge in [-0.2, -0.15) is 0 Å². The topological polar surface area (TPSA) is 50.4 Å². The van der Waals surface area contributed by atoms with Gasteiger partial charge >= 0.3 is 0 Å². The van der Waals surface area contributed by atoms with Crippen molar-refractivity contribution < 1.29 is 9.53 Å². The van der Waals surface area contributed by atoms with E-state index in [1.54, 1.807) is 12.1 Å². The molecule has 0 fully saturated rings. The van der Waals surface area contributed by atoms with E-state index in [1.807, 2.05) is 60.7 Å². The van der Waals surface area contributed by atoms with Crippen LogP contribution in [0.25, 0.3) is 0 Å². The van der Waals surface area contributed by atoms with Crippen LogP contribution in [0, 0.1) is 0 Å². The second-order valence-electron chi connectivity index (χ2n) is 5.89. The molecule has 0 spiro atoms. The normalized spacial score (nSPS) is 10.1. The second kappa shape index (κ2) is 9.50. The first kappa shape index (κ1) is 18.6. The molecule has 0 bridgehead atoms. The third-order valence-electron chi connectivity index (χ3n) is 3.86. The molecule has 2 N–H and O–H groups in total. The SMILES string of the molecule is O=C(NC(=S)Nc1cccc(OCCc2ccccc2)c1)c1ccccc1. The highest BCUT2D eigenvalue weighted by molar-refractivity contribution is 7.80. The third kappa shape index (κ3) is 5.94. The predicted molar refractivity (Wildman–Crippen MR) is 112 cm³/mol. The lowest BCUT2D eigenvalue weighted by atomic mass is 10.2. The van der Waals surface area contributed by atoms with Crippen molar-refractivity contribution in [3.8, 4) is 5.75 Å². The fourth-order valence-electron chi connectivity index (χ4n) is 2.52. The van der Waals surface area contributed by atoms with Crippen molar-refractivity contribution in [3.63, 3.8) is 0 Å². The summed E-state index contributed by atoms with van der Waals surface area (Å²) in [5, 5.41) is 5.92. The van der Waals surface area contributed by atoms with E-state index >= 15 is 0 Å². The first-order valence-electron chi connectivity index (χ1n) is 8.65. The van der Waals surface area contributed by atoms with Gasteiger partial charge in [0.2, 0.25) is 0 Å². The van der Waals surface area contributed by atoms with Gasteiger partial charge in [-0.25, -0.2) is 0 Å². The van der Waals surface area contributed by atoms with Gasteiger partial charge < -0.3 is 10.1 Å². The van der Waals surface area contributed by atoms with E-state index in [4.69, 9.17) is 17.0 Å². The Hall–Kier alpha value is -3.18. The molecule has 0 heterocycles. The number of amides is 1. The summed E-state index contributed by atoms with van der Waals surface area (Å²) < 4.78 is 5.81. The van der Waals surface area contributed by atoms with Crippen LogP contribution in [0.5, 0.6) is 5.75 Å². The molecule has 0 saturated heterocycles. The molecule has 3 aromatic carbocycles. The highest BCUT2D eigenvalue weighted by atomic mass is 32.1. The molecular weight excluding hydrogens is 356 g/mol. The van der Waals surface area contributed by atoms with E-state index in [1.165, 1.54) is 5.56 Å². The molecule has 0 radical (unpaired) electrons. The molecule has 0 aliphatic heterocycles. The molecule has 5 heteroatoms. The molecule has 0 unspecified atom stereocenters. The molecule has 1 amide bonds. The van der Waals surface area contributed by atoms with E-state index in [9.17, 15) is 4.79 Å². The number of hydrogen-bond acceptors (Lipinski definition) is 3. The maximum absolute atomic E-state index is 12.1. The molecule has 136 valence electrons. The second-order valence-corrected chi connectivity index (χ2v) is 6.29. The van der Waals surface area contributed by atoms with Gasteiger partial charge in [-0.3, -0.25) is 10.1 Å². The van der Waals surface area contributed by atoms with Gasteiger partial charge in [0.25, 0.3) is 5.91 Å². The van der Waals surface area contributed by atoms with Gasteiger partial charge in [-0.05, 0) is 42.0 Å². The molecule has 3 rings (SSSR count). The molecule has 3 aromatic rings. The Labute approximate surface area is 164 Å². The molecule has 27 heavy (non-hydrogen) atoms. The fraction of sp³-hybridized carbons (Fsp3) is 0.0909. The Morgan fingerprint density at radius 3 is 2.33 bits per heavy atom. The Balaban J connectivity index is 1.51. The van der Waals surface area contributed by atoms with Crippen LogP contribution in [-0.4, -0.2) is 17.6 Å². The smallest absolute Gasteiger partial charge is 0.257 e. The fourth-order valence-corrected chi connectivity index (χ4v) is 2.73. The van der Waals surface area contributed by atoms with Crippen molar-refractivity contribution in [2.75, 3.05) is 11.9 Å². The highest BCUT2D eigenvalue weighted by Gasteiger charge is 2.07. The summed E-state index contributed by atoms with van der Waals surface area (Å²) >= 11 is 5.22. The van der Waals surface area contributed by atoms with Crippen molar-refractivity contribution >= 4 is 28.9 Å². The maximum atomic E-state index is 12.1. The lowest BCUT2D eigenvalue weighted by Crippen LogP contribution is -2.34. The minimum absolute atomic E-state index is 0.241. The summed E-state index contributed by atoms with van der Waals surface area (Å²) in [7, 11) is 0. The lowest BCUT2D eigenvalue weighted by Gasteiger charge is -2.11. The van der Waals surface area contributed by atoms with Crippen LogP contribution in [0.1, 0.15) is 15.9 Å². The van der Waals surface area contributed by atoms with Gasteiger partial charge in [0.15, 0.2) is 5.11 Å². The number of thiocarbonyl (C=S) groups is 1. The monoisotopic (exact) mass is 376 g/mol. The standard InChI is InChI=1S/C22H20N2O2S/c25-21(18-10-5-2-6-11-18)24-22(27)23-19-12-7-13-20(16-19)26-15-14-17-8-3-1-4-9-17/h1-13,16H,14-15H2,(H2,23,24,25,27). The summed E-state index contributed by atoms with van der Waals surface area (Å²) in [5.74, 6) is 0.497. The van der Waals surface area contributed by atoms with E-state index in [2.05, 4.69) is 22.8 Å². The molecule has 0 saturated carbocycles. The Morgan fingerprint density at radius 1 is 0.889 bits per heavy atom. The Morgan fingerprint density at radius 2 is 1.59 bits per heavy atom. The van der Waals surface area contributed by atoms with Crippen LogP contribution in [0.3, 0.4) is 0 Å². The third-order valence-corrected chi connectivity index (χ3v) is 4.06. The van der Waals surface area contributed by atoms with E-state index in [0.717, 1.165) is 17.9 Å². The number of benzene rings is 3. The molecular formula is C22H20N2O2S. The van der Waals surface area contributed by atoms with Crippen LogP contribution in [-0.2, 0) is 6.42 Å². The summed E-state index contributed by atoms with van der Waals surface area (Å²) in [4.78, 5) is 12.1. The summed E-state index contributed by atoms with van der Waals surface area (Å²) in [5.41, 5.74) is 2.54. The zero-order valence-electron chi connectivity index (χ0n) is 14.7. The van der Waals surface area contributed by atoms with Gasteiger partial charge in [0.1, 0.15) is 5.75 Å². The number of carbonyl (C=O) groups excluding carboxylic acids is 1. The van der Waals surface area contributed by atoms with E-state index in [-0.39, 0.29) is 11.0 Å². The molecule has 0 aliphatic carbocycles. The number of nitrogens with one attached hydrogen (secondary N) is 2. The van der Waals surface area contributed by atoms with Crippen LogP contribution >= 0.6 is 12.2 Å². The molecule has 0 aliphatic rings. The van der Waals surface area contributed by atoms with E-state index in [0.29, 0.717) is 12.2 Å². The lowest BCUT2D eigenvalue weighted by molar-refractivity contribution is 0.0977. The zero-order valence-corrected chi connectivity index (χ0v) is 15.5. The molecule has 0 aromatic heterocycles. The van der Waals surface area contributed by atoms with Gasteiger partial charge in [-0.1, -0.05) is 54.6 Å². The zero-order chi connectivity index (χ0) is 18.9. The number of ether oxygens (including phenoxy) is 1. The summed E-state index contributed by atoms with van der Waals surface area (Å²) in [6, 6.07) is 26.6. The number of rotatable bonds is 6. The first-order valence-corrected chi connectivity index (χ1v) is 9.06. The van der Waals surface area contributed by atoms with Crippen LogP contribution in [0.4, 0.5) is 5.69 Å². The van der Waals surface area contributed by atoms with Gasteiger partial charge in [0.05, 0.1) is 6.61 Å². The summed E-state index contributed by atoms with van der Waals surface area (Å²) in [6.45, 7) is 0.586. The molecule has 4 nitrogen and oxygen atoms in total. The van der Waals surface area contributed by atoms with Crippen LogP contribution in [0.2, 0.25) is 0 Å². The first-order chi connectivity index (χ1) is 13.2. The average molecular weight is 376 g/mol. The van der Waals surface area contributed by atoms with Gasteiger partial charge in [-0.15, -0.1) is 0 Å². The summed E-state index contributed by atoms with van der Waals surface area (Å²) in [6.07, 6.45) is 0.837. The Bertz CT molecular complexity index is 898. The van der Waals surface area contributed by atoms with Crippen LogP contribution < -0.4 is 15.4 Å². The van der Waals surface area contributed by atoms with Crippen LogP contribution in [0.15, 0.2) is 84.9 Å². The van der Waals surface area contributed by atoms with Crippen molar-refractivity contribution in [3.05, 3.63) is 96.1 Å². The Kier molecular flexibility index (Phi) is 6.55. The van der Waals surface area contributed by atoms with E-state index < -0.39 is 0 Å². The number of anilines is 1. The van der Waals surface area contributed by atoms with Crippen molar-refractivity contribution in [1.29, 1.82) is 0 Å². The minimum atomic E-state index is -0.247.